The van der Waals surface area contributed by atoms with Gasteiger partial charge in [0.25, 0.3) is 0 Å². The Morgan fingerprint density at radius 2 is 2.06 bits per heavy atom. The zero-order chi connectivity index (χ0) is 12.0. The van der Waals surface area contributed by atoms with Gasteiger partial charge in [0.1, 0.15) is 0 Å². The maximum Gasteiger partial charge on any atom is 0.317 e. The van der Waals surface area contributed by atoms with E-state index in [0.29, 0.717) is 6.04 Å². The van der Waals surface area contributed by atoms with Crippen LogP contribution in [0, 0.1) is 0 Å². The molecule has 16 heavy (non-hydrogen) atoms. The van der Waals surface area contributed by atoms with Gasteiger partial charge in [-0.1, -0.05) is 13.3 Å². The molecule has 4 heteroatoms. The third-order valence-electron chi connectivity index (χ3n) is 3.31. The minimum atomic E-state index is -0.713. The number of nitrogens with zero attached hydrogens (tertiary/aromatic N) is 2. The number of hydrogen-bond acceptors (Lipinski definition) is 3. The topological polar surface area (TPSA) is 43.8 Å². The van der Waals surface area contributed by atoms with Gasteiger partial charge in [0, 0.05) is 25.7 Å². The quantitative estimate of drug-likeness (QED) is 0.769. The first-order chi connectivity index (χ1) is 7.63. The highest BCUT2D eigenvalue weighted by atomic mass is 16.4. The van der Waals surface area contributed by atoms with Gasteiger partial charge >= 0.3 is 5.97 Å². The number of carboxylic acids is 1. The van der Waals surface area contributed by atoms with E-state index in [0.717, 1.165) is 32.6 Å². The van der Waals surface area contributed by atoms with Crippen LogP contribution in [0.5, 0.6) is 0 Å². The number of carboxylic acid groups (broad SMARTS) is 1. The van der Waals surface area contributed by atoms with Gasteiger partial charge in [-0.05, 0) is 26.3 Å². The molecule has 0 aromatic rings. The van der Waals surface area contributed by atoms with Crippen molar-refractivity contribution in [3.8, 4) is 0 Å². The second-order valence-electron chi connectivity index (χ2n) is 4.70. The minimum Gasteiger partial charge on any atom is -0.480 e. The van der Waals surface area contributed by atoms with Crippen molar-refractivity contribution in [2.45, 2.75) is 39.2 Å². The van der Waals surface area contributed by atoms with E-state index in [2.05, 4.69) is 18.7 Å². The van der Waals surface area contributed by atoms with Crippen molar-refractivity contribution in [2.24, 2.45) is 0 Å². The molecule has 1 rings (SSSR count). The Hall–Kier alpha value is -0.610. The first kappa shape index (κ1) is 13.5. The lowest BCUT2D eigenvalue weighted by molar-refractivity contribution is -0.138. The van der Waals surface area contributed by atoms with Crippen LogP contribution >= 0.6 is 0 Å². The molecule has 0 aliphatic carbocycles. The fraction of sp³-hybridized carbons (Fsp3) is 0.917. The zero-order valence-corrected chi connectivity index (χ0v) is 10.5. The number of aliphatic carboxylic acids is 1. The number of rotatable bonds is 5. The van der Waals surface area contributed by atoms with Crippen molar-refractivity contribution in [1.29, 1.82) is 0 Å². The lowest BCUT2D eigenvalue weighted by atomic mass is 10.1. The van der Waals surface area contributed by atoms with Crippen molar-refractivity contribution in [1.82, 2.24) is 9.80 Å². The zero-order valence-electron chi connectivity index (χ0n) is 10.5. The van der Waals surface area contributed by atoms with E-state index in [4.69, 9.17) is 5.11 Å². The minimum absolute atomic E-state index is 0.190. The van der Waals surface area contributed by atoms with Crippen LogP contribution in [0.4, 0.5) is 0 Å². The summed E-state index contributed by atoms with van der Waals surface area (Å²) in [6.07, 6.45) is 3.54. The Morgan fingerprint density at radius 3 is 2.69 bits per heavy atom. The molecule has 0 bridgehead atoms. The van der Waals surface area contributed by atoms with Crippen LogP contribution in [0.3, 0.4) is 0 Å². The summed E-state index contributed by atoms with van der Waals surface area (Å²) < 4.78 is 0. The molecule has 0 saturated carbocycles. The normalized spacial score (nSPS) is 21.6. The standard InChI is InChI=1S/C12H24N2O2/c1-3-5-11(2)14-7-4-6-13(8-9-14)10-12(15)16/h11H,3-10H2,1-2H3,(H,15,16). The summed E-state index contributed by atoms with van der Waals surface area (Å²) in [5.41, 5.74) is 0. The largest absolute Gasteiger partial charge is 0.480 e. The third kappa shape index (κ3) is 4.49. The molecule has 1 aliphatic heterocycles. The van der Waals surface area contributed by atoms with Crippen molar-refractivity contribution in [3.63, 3.8) is 0 Å². The van der Waals surface area contributed by atoms with E-state index in [1.165, 1.54) is 12.8 Å². The molecule has 0 aromatic heterocycles. The molecule has 1 atom stereocenters. The van der Waals surface area contributed by atoms with Gasteiger partial charge < -0.3 is 5.11 Å². The summed E-state index contributed by atoms with van der Waals surface area (Å²) in [5, 5.41) is 8.76. The van der Waals surface area contributed by atoms with Gasteiger partial charge in [0.05, 0.1) is 6.54 Å². The Bertz CT molecular complexity index is 221. The first-order valence-electron chi connectivity index (χ1n) is 6.31. The highest BCUT2D eigenvalue weighted by molar-refractivity contribution is 5.69. The second kappa shape index (κ2) is 6.86. The average molecular weight is 228 g/mol. The van der Waals surface area contributed by atoms with Crippen molar-refractivity contribution in [2.75, 3.05) is 32.7 Å². The van der Waals surface area contributed by atoms with Crippen LogP contribution in [0.15, 0.2) is 0 Å². The molecule has 4 nitrogen and oxygen atoms in total. The van der Waals surface area contributed by atoms with E-state index >= 15 is 0 Å². The van der Waals surface area contributed by atoms with Crippen LogP contribution in [-0.4, -0.2) is 59.6 Å². The van der Waals surface area contributed by atoms with Crippen molar-refractivity contribution >= 4 is 5.97 Å². The summed E-state index contributed by atoms with van der Waals surface area (Å²) in [4.78, 5) is 15.2. The molecule has 1 fully saturated rings. The van der Waals surface area contributed by atoms with Crippen LogP contribution in [0.2, 0.25) is 0 Å². The maximum atomic E-state index is 10.6. The summed E-state index contributed by atoms with van der Waals surface area (Å²) in [6, 6.07) is 0.634. The maximum absolute atomic E-state index is 10.6. The Labute approximate surface area is 98.2 Å². The molecular formula is C12H24N2O2. The Balaban J connectivity index is 2.36. The Kier molecular flexibility index (Phi) is 5.77. The van der Waals surface area contributed by atoms with Crippen LogP contribution in [0.1, 0.15) is 33.1 Å². The lowest BCUT2D eigenvalue weighted by Crippen LogP contribution is -2.37. The predicted octanol–water partition coefficient (Wildman–Crippen LogP) is 1.27. The molecule has 1 N–H and O–H groups in total. The molecule has 0 radical (unpaired) electrons. The van der Waals surface area contributed by atoms with Crippen molar-refractivity contribution < 1.29 is 9.90 Å². The number of carbonyl (C=O) groups is 1. The monoisotopic (exact) mass is 228 g/mol. The average Bonchev–Trinajstić information content (AvgIpc) is 2.43. The molecule has 0 aromatic carbocycles. The van der Waals surface area contributed by atoms with Gasteiger partial charge in [0.15, 0.2) is 0 Å². The SMILES string of the molecule is CCCC(C)N1CCCN(CC(=O)O)CC1. The van der Waals surface area contributed by atoms with Gasteiger partial charge in [-0.15, -0.1) is 0 Å². The number of hydrogen-bond donors (Lipinski definition) is 1. The van der Waals surface area contributed by atoms with Crippen molar-refractivity contribution in [3.05, 3.63) is 0 Å². The third-order valence-corrected chi connectivity index (χ3v) is 3.31. The Morgan fingerprint density at radius 1 is 1.31 bits per heavy atom. The lowest BCUT2D eigenvalue weighted by Gasteiger charge is -2.27. The fourth-order valence-electron chi connectivity index (χ4n) is 2.38. The fourth-order valence-corrected chi connectivity index (χ4v) is 2.38. The molecule has 0 amide bonds. The highest BCUT2D eigenvalue weighted by Crippen LogP contribution is 2.10. The molecule has 0 spiro atoms. The molecular weight excluding hydrogens is 204 g/mol. The summed E-state index contributed by atoms with van der Waals surface area (Å²) >= 11 is 0. The summed E-state index contributed by atoms with van der Waals surface area (Å²) in [5.74, 6) is -0.713. The van der Waals surface area contributed by atoms with Crippen LogP contribution < -0.4 is 0 Å². The predicted molar refractivity (Wildman–Crippen MR) is 64.6 cm³/mol. The molecule has 1 saturated heterocycles. The van der Waals surface area contributed by atoms with E-state index in [-0.39, 0.29) is 6.54 Å². The van der Waals surface area contributed by atoms with Crippen LogP contribution in [0.25, 0.3) is 0 Å². The first-order valence-corrected chi connectivity index (χ1v) is 6.31. The second-order valence-corrected chi connectivity index (χ2v) is 4.70. The van der Waals surface area contributed by atoms with Crippen LogP contribution in [-0.2, 0) is 4.79 Å². The van der Waals surface area contributed by atoms with E-state index in [9.17, 15) is 4.79 Å². The molecule has 1 heterocycles. The molecule has 1 aliphatic rings. The molecule has 1 unspecified atom stereocenters. The summed E-state index contributed by atoms with van der Waals surface area (Å²) in [7, 11) is 0. The van der Waals surface area contributed by atoms with Gasteiger partial charge in [-0.25, -0.2) is 0 Å². The van der Waals surface area contributed by atoms with E-state index in [1.54, 1.807) is 0 Å². The smallest absolute Gasteiger partial charge is 0.317 e. The summed E-state index contributed by atoms with van der Waals surface area (Å²) in [6.45, 7) is 8.60. The molecule has 94 valence electrons. The van der Waals surface area contributed by atoms with E-state index < -0.39 is 5.97 Å². The van der Waals surface area contributed by atoms with Gasteiger partial charge in [0.2, 0.25) is 0 Å². The van der Waals surface area contributed by atoms with Gasteiger partial charge in [-0.3, -0.25) is 14.6 Å². The van der Waals surface area contributed by atoms with E-state index in [1.807, 2.05) is 4.90 Å². The highest BCUT2D eigenvalue weighted by Gasteiger charge is 2.19. The van der Waals surface area contributed by atoms with Gasteiger partial charge in [-0.2, -0.15) is 0 Å².